The number of fused-ring (bicyclic) bond motifs is 1. The summed E-state index contributed by atoms with van der Waals surface area (Å²) in [6.07, 6.45) is 8.83. The average molecular weight is 260 g/mol. The molecule has 2 aliphatic rings. The molecule has 0 aliphatic heterocycles. The van der Waals surface area contributed by atoms with Crippen LogP contribution in [0.3, 0.4) is 0 Å². The molecule has 0 saturated heterocycles. The van der Waals surface area contributed by atoms with Gasteiger partial charge >= 0.3 is 0 Å². The van der Waals surface area contributed by atoms with Gasteiger partial charge in [-0.15, -0.1) is 0 Å². The van der Waals surface area contributed by atoms with Gasteiger partial charge in [0, 0.05) is 24.5 Å². The number of hydrogen-bond acceptors (Lipinski definition) is 1. The standard InChI is InChI=1S/C17H28N2/c1-12-5-4-6-13(12)11-19-8-7-14-15(18)9-17(2,3)10-16(14)19/h7-8,12-13,15H,4-6,9-11,18H2,1-3H3. The summed E-state index contributed by atoms with van der Waals surface area (Å²) in [6, 6.07) is 2.51. The lowest BCUT2D eigenvalue weighted by Gasteiger charge is -2.35. The van der Waals surface area contributed by atoms with Crippen LogP contribution in [0.15, 0.2) is 12.3 Å². The smallest absolute Gasteiger partial charge is 0.0318 e. The Kier molecular flexibility index (Phi) is 3.24. The van der Waals surface area contributed by atoms with E-state index in [4.69, 9.17) is 5.73 Å². The minimum atomic E-state index is 0.237. The Morgan fingerprint density at radius 1 is 1.37 bits per heavy atom. The Morgan fingerprint density at radius 3 is 2.84 bits per heavy atom. The van der Waals surface area contributed by atoms with E-state index < -0.39 is 0 Å². The molecule has 19 heavy (non-hydrogen) atoms. The predicted octanol–water partition coefficient (Wildman–Crippen LogP) is 3.90. The summed E-state index contributed by atoms with van der Waals surface area (Å²) < 4.78 is 2.52. The number of hydrogen-bond donors (Lipinski definition) is 1. The Labute approximate surface area is 117 Å². The van der Waals surface area contributed by atoms with E-state index in [0.29, 0.717) is 5.41 Å². The average Bonchev–Trinajstić information content (AvgIpc) is 2.87. The van der Waals surface area contributed by atoms with Gasteiger partial charge in [-0.1, -0.05) is 33.6 Å². The lowest BCUT2D eigenvalue weighted by Crippen LogP contribution is -2.31. The van der Waals surface area contributed by atoms with Crippen molar-refractivity contribution in [2.75, 3.05) is 0 Å². The second-order valence-corrected chi connectivity index (χ2v) is 7.69. The Balaban J connectivity index is 1.84. The van der Waals surface area contributed by atoms with Crippen LogP contribution < -0.4 is 5.73 Å². The lowest BCUT2D eigenvalue weighted by molar-refractivity contribution is 0.269. The van der Waals surface area contributed by atoms with Gasteiger partial charge < -0.3 is 10.3 Å². The van der Waals surface area contributed by atoms with Gasteiger partial charge in [0.1, 0.15) is 0 Å². The summed E-state index contributed by atoms with van der Waals surface area (Å²) in [7, 11) is 0. The fraction of sp³-hybridized carbons (Fsp3) is 0.765. The zero-order valence-corrected chi connectivity index (χ0v) is 12.7. The van der Waals surface area contributed by atoms with Crippen LogP contribution in [0.2, 0.25) is 0 Å². The third kappa shape index (κ3) is 2.47. The highest BCUT2D eigenvalue weighted by atomic mass is 15.0. The molecular weight excluding hydrogens is 232 g/mol. The second-order valence-electron chi connectivity index (χ2n) is 7.69. The van der Waals surface area contributed by atoms with Gasteiger partial charge in [0.05, 0.1) is 0 Å². The highest BCUT2D eigenvalue weighted by Crippen LogP contribution is 2.41. The second kappa shape index (κ2) is 4.66. The molecule has 0 amide bonds. The summed E-state index contributed by atoms with van der Waals surface area (Å²) in [4.78, 5) is 0. The monoisotopic (exact) mass is 260 g/mol. The number of rotatable bonds is 2. The van der Waals surface area contributed by atoms with Crippen LogP contribution in [0.4, 0.5) is 0 Å². The molecule has 0 radical (unpaired) electrons. The first kappa shape index (κ1) is 13.2. The van der Waals surface area contributed by atoms with Gasteiger partial charge in [-0.2, -0.15) is 0 Å². The molecule has 3 rings (SSSR count). The Hall–Kier alpha value is -0.760. The van der Waals surface area contributed by atoms with Crippen LogP contribution >= 0.6 is 0 Å². The van der Waals surface area contributed by atoms with E-state index in [-0.39, 0.29) is 6.04 Å². The van der Waals surface area contributed by atoms with E-state index >= 15 is 0 Å². The number of aromatic nitrogens is 1. The van der Waals surface area contributed by atoms with E-state index in [1.165, 1.54) is 43.5 Å². The molecule has 2 nitrogen and oxygen atoms in total. The normalized spacial score (nSPS) is 33.4. The molecular formula is C17H28N2. The van der Waals surface area contributed by atoms with Crippen molar-refractivity contribution in [3.8, 4) is 0 Å². The Morgan fingerprint density at radius 2 is 2.16 bits per heavy atom. The molecule has 3 atom stereocenters. The Bertz CT molecular complexity index is 458. The van der Waals surface area contributed by atoms with Crippen molar-refractivity contribution in [3.05, 3.63) is 23.5 Å². The SMILES string of the molecule is CC1CCCC1Cn1ccc2c1CC(C)(C)CC2N. The van der Waals surface area contributed by atoms with Crippen molar-refractivity contribution >= 4 is 0 Å². The topological polar surface area (TPSA) is 30.9 Å². The highest BCUT2D eigenvalue weighted by Gasteiger charge is 2.33. The molecule has 2 aliphatic carbocycles. The van der Waals surface area contributed by atoms with Crippen molar-refractivity contribution in [1.29, 1.82) is 0 Å². The molecule has 0 aromatic carbocycles. The molecule has 106 valence electrons. The van der Waals surface area contributed by atoms with Crippen LogP contribution in [0.25, 0.3) is 0 Å². The van der Waals surface area contributed by atoms with Gasteiger partial charge in [0.25, 0.3) is 0 Å². The van der Waals surface area contributed by atoms with E-state index in [1.54, 1.807) is 0 Å². The molecule has 1 saturated carbocycles. The third-order valence-corrected chi connectivity index (χ3v) is 5.40. The van der Waals surface area contributed by atoms with Crippen molar-refractivity contribution in [2.45, 2.75) is 65.5 Å². The number of nitrogens with zero attached hydrogens (tertiary/aromatic N) is 1. The highest BCUT2D eigenvalue weighted by molar-refractivity contribution is 5.30. The largest absolute Gasteiger partial charge is 0.351 e. The maximum Gasteiger partial charge on any atom is 0.0318 e. The number of nitrogens with two attached hydrogens (primary N) is 1. The van der Waals surface area contributed by atoms with Crippen molar-refractivity contribution in [3.63, 3.8) is 0 Å². The summed E-state index contributed by atoms with van der Waals surface area (Å²) in [5.74, 6) is 1.76. The summed E-state index contributed by atoms with van der Waals surface area (Å²) in [5, 5.41) is 0. The van der Waals surface area contributed by atoms with Crippen LogP contribution in [0, 0.1) is 17.3 Å². The molecule has 2 N–H and O–H groups in total. The third-order valence-electron chi connectivity index (χ3n) is 5.40. The van der Waals surface area contributed by atoms with E-state index in [9.17, 15) is 0 Å². The summed E-state index contributed by atoms with van der Waals surface area (Å²) in [5.41, 5.74) is 9.63. The van der Waals surface area contributed by atoms with Crippen molar-refractivity contribution < 1.29 is 0 Å². The first-order valence-electron chi connectivity index (χ1n) is 7.90. The summed E-state index contributed by atoms with van der Waals surface area (Å²) in [6.45, 7) is 8.33. The van der Waals surface area contributed by atoms with Crippen LogP contribution in [0.1, 0.15) is 63.8 Å². The van der Waals surface area contributed by atoms with Gasteiger partial charge in [-0.05, 0) is 48.1 Å². The minimum Gasteiger partial charge on any atom is -0.351 e. The maximum atomic E-state index is 6.36. The summed E-state index contributed by atoms with van der Waals surface area (Å²) >= 11 is 0. The first-order chi connectivity index (χ1) is 8.96. The zero-order valence-electron chi connectivity index (χ0n) is 12.7. The molecule has 2 heteroatoms. The van der Waals surface area contributed by atoms with E-state index in [0.717, 1.165) is 18.3 Å². The molecule has 3 unspecified atom stereocenters. The van der Waals surface area contributed by atoms with E-state index in [2.05, 4.69) is 37.6 Å². The zero-order chi connectivity index (χ0) is 13.6. The fourth-order valence-electron chi connectivity index (χ4n) is 4.21. The molecule has 1 fully saturated rings. The van der Waals surface area contributed by atoms with Crippen LogP contribution in [-0.4, -0.2) is 4.57 Å². The van der Waals surface area contributed by atoms with Gasteiger partial charge in [-0.25, -0.2) is 0 Å². The van der Waals surface area contributed by atoms with Gasteiger partial charge in [0.15, 0.2) is 0 Å². The van der Waals surface area contributed by atoms with Gasteiger partial charge in [-0.3, -0.25) is 0 Å². The van der Waals surface area contributed by atoms with Crippen LogP contribution in [0.5, 0.6) is 0 Å². The quantitative estimate of drug-likeness (QED) is 0.859. The maximum absolute atomic E-state index is 6.36. The van der Waals surface area contributed by atoms with Gasteiger partial charge in [0.2, 0.25) is 0 Å². The predicted molar refractivity (Wildman–Crippen MR) is 80.0 cm³/mol. The molecule has 1 aromatic heterocycles. The first-order valence-corrected chi connectivity index (χ1v) is 7.90. The van der Waals surface area contributed by atoms with E-state index in [1.807, 2.05) is 0 Å². The van der Waals surface area contributed by atoms with Crippen molar-refractivity contribution in [1.82, 2.24) is 4.57 Å². The van der Waals surface area contributed by atoms with Crippen molar-refractivity contribution in [2.24, 2.45) is 23.0 Å². The molecule has 0 spiro atoms. The minimum absolute atomic E-state index is 0.237. The van der Waals surface area contributed by atoms with Crippen LogP contribution in [-0.2, 0) is 13.0 Å². The molecule has 1 aromatic rings. The molecule has 0 bridgehead atoms. The fourth-order valence-corrected chi connectivity index (χ4v) is 4.21. The molecule has 1 heterocycles. The lowest BCUT2D eigenvalue weighted by atomic mass is 9.74.